The van der Waals surface area contributed by atoms with Gasteiger partial charge in [-0.1, -0.05) is 30.3 Å². The first-order chi connectivity index (χ1) is 14.7. The van der Waals surface area contributed by atoms with Crippen molar-refractivity contribution in [1.29, 1.82) is 0 Å². The molecular formula is C25H34N4O. The zero-order valence-electron chi connectivity index (χ0n) is 18.1. The van der Waals surface area contributed by atoms with Crippen LogP contribution in [0.4, 0.5) is 0 Å². The number of pyridine rings is 1. The van der Waals surface area contributed by atoms with Gasteiger partial charge in [-0.15, -0.1) is 0 Å². The number of carbonyl (C=O) groups is 1. The lowest BCUT2D eigenvalue weighted by Gasteiger charge is -2.42. The van der Waals surface area contributed by atoms with Gasteiger partial charge in [-0.25, -0.2) is 0 Å². The van der Waals surface area contributed by atoms with Crippen LogP contribution in [0.25, 0.3) is 0 Å². The SMILES string of the molecule is Cc1ccccc1CN1CCC(N2CCC[C@H](C(=O)NCc3ccccn3)C2)CC1. The molecule has 0 unspecified atom stereocenters. The molecule has 0 spiro atoms. The molecule has 4 rings (SSSR count). The Morgan fingerprint density at radius 2 is 1.87 bits per heavy atom. The van der Waals surface area contributed by atoms with Crippen LogP contribution in [0.2, 0.25) is 0 Å². The van der Waals surface area contributed by atoms with Crippen LogP contribution in [-0.4, -0.2) is 52.9 Å². The Hall–Kier alpha value is -2.24. The van der Waals surface area contributed by atoms with Gasteiger partial charge in [-0.3, -0.25) is 19.6 Å². The van der Waals surface area contributed by atoms with E-state index >= 15 is 0 Å². The Balaban J connectivity index is 1.24. The van der Waals surface area contributed by atoms with Crippen LogP contribution in [0.3, 0.4) is 0 Å². The van der Waals surface area contributed by atoms with E-state index in [1.807, 2.05) is 18.2 Å². The number of carbonyl (C=O) groups excluding carboxylic acids is 1. The maximum atomic E-state index is 12.7. The van der Waals surface area contributed by atoms with Gasteiger partial charge in [-0.2, -0.15) is 0 Å². The van der Waals surface area contributed by atoms with Gasteiger partial charge in [0.1, 0.15) is 0 Å². The average Bonchev–Trinajstić information content (AvgIpc) is 2.80. The van der Waals surface area contributed by atoms with E-state index in [2.05, 4.69) is 51.3 Å². The van der Waals surface area contributed by atoms with Gasteiger partial charge < -0.3 is 5.32 Å². The average molecular weight is 407 g/mol. The summed E-state index contributed by atoms with van der Waals surface area (Å²) < 4.78 is 0. The topological polar surface area (TPSA) is 48.5 Å². The first kappa shape index (κ1) is 21.0. The van der Waals surface area contributed by atoms with Crippen LogP contribution in [0, 0.1) is 12.8 Å². The Morgan fingerprint density at radius 3 is 2.63 bits per heavy atom. The maximum Gasteiger partial charge on any atom is 0.224 e. The fraction of sp³-hybridized carbons (Fsp3) is 0.520. The number of hydrogen-bond donors (Lipinski definition) is 1. The molecule has 2 aliphatic heterocycles. The Kier molecular flexibility index (Phi) is 7.13. The number of amides is 1. The van der Waals surface area contributed by atoms with Crippen LogP contribution in [-0.2, 0) is 17.9 Å². The van der Waals surface area contributed by atoms with Gasteiger partial charge in [0.15, 0.2) is 0 Å². The molecule has 1 amide bonds. The minimum atomic E-state index is 0.104. The van der Waals surface area contributed by atoms with E-state index in [4.69, 9.17) is 0 Å². The van der Waals surface area contributed by atoms with Gasteiger partial charge in [-0.05, 0) is 75.5 Å². The molecule has 0 bridgehead atoms. The zero-order valence-corrected chi connectivity index (χ0v) is 18.1. The lowest BCUT2D eigenvalue weighted by Crippen LogP contribution is -2.50. The molecule has 2 fully saturated rings. The Morgan fingerprint density at radius 1 is 1.07 bits per heavy atom. The molecule has 1 atom stereocenters. The number of hydrogen-bond acceptors (Lipinski definition) is 4. The molecule has 5 nitrogen and oxygen atoms in total. The summed E-state index contributed by atoms with van der Waals surface area (Å²) in [6.45, 7) is 8.10. The van der Waals surface area contributed by atoms with Gasteiger partial charge in [0.25, 0.3) is 0 Å². The second kappa shape index (κ2) is 10.2. The van der Waals surface area contributed by atoms with Gasteiger partial charge in [0.2, 0.25) is 5.91 Å². The second-order valence-corrected chi connectivity index (χ2v) is 8.81. The molecule has 2 saturated heterocycles. The summed E-state index contributed by atoms with van der Waals surface area (Å²) in [5, 5.41) is 3.10. The smallest absolute Gasteiger partial charge is 0.224 e. The highest BCUT2D eigenvalue weighted by Gasteiger charge is 2.31. The van der Waals surface area contributed by atoms with E-state index in [0.29, 0.717) is 12.6 Å². The fourth-order valence-corrected chi connectivity index (χ4v) is 4.85. The molecule has 160 valence electrons. The summed E-state index contributed by atoms with van der Waals surface area (Å²) in [6.07, 6.45) is 6.29. The number of likely N-dealkylation sites (tertiary alicyclic amines) is 2. The van der Waals surface area contributed by atoms with Crippen molar-refractivity contribution in [3.8, 4) is 0 Å². The molecule has 2 aromatic rings. The van der Waals surface area contributed by atoms with Crippen LogP contribution in [0.15, 0.2) is 48.7 Å². The summed E-state index contributed by atoms with van der Waals surface area (Å²) >= 11 is 0. The van der Waals surface area contributed by atoms with Crippen molar-refractivity contribution in [3.05, 3.63) is 65.5 Å². The first-order valence-electron chi connectivity index (χ1n) is 11.4. The molecule has 5 heteroatoms. The molecule has 30 heavy (non-hydrogen) atoms. The van der Waals surface area contributed by atoms with E-state index in [-0.39, 0.29) is 11.8 Å². The fourth-order valence-electron chi connectivity index (χ4n) is 4.85. The number of nitrogens with one attached hydrogen (secondary N) is 1. The van der Waals surface area contributed by atoms with E-state index in [9.17, 15) is 4.79 Å². The lowest BCUT2D eigenvalue weighted by molar-refractivity contribution is -0.127. The van der Waals surface area contributed by atoms with Crippen molar-refractivity contribution >= 4 is 5.91 Å². The quantitative estimate of drug-likeness (QED) is 0.799. The van der Waals surface area contributed by atoms with E-state index in [0.717, 1.165) is 51.3 Å². The Labute approximate surface area is 180 Å². The van der Waals surface area contributed by atoms with Crippen molar-refractivity contribution in [2.24, 2.45) is 5.92 Å². The standard InChI is InChI=1S/C25H34N4O/c1-20-7-2-3-8-21(20)18-28-15-11-24(12-16-28)29-14-6-9-22(19-29)25(30)27-17-23-10-4-5-13-26-23/h2-5,7-8,10,13,22,24H,6,9,11-12,14-19H2,1H3,(H,27,30)/t22-/m0/s1. The number of aryl methyl sites for hydroxylation is 1. The third kappa shape index (κ3) is 5.46. The first-order valence-corrected chi connectivity index (χ1v) is 11.4. The number of piperidine rings is 2. The largest absolute Gasteiger partial charge is 0.350 e. The molecule has 0 aliphatic carbocycles. The van der Waals surface area contributed by atoms with Crippen molar-refractivity contribution in [3.63, 3.8) is 0 Å². The Bertz CT molecular complexity index is 817. The van der Waals surface area contributed by atoms with E-state index in [1.165, 1.54) is 24.0 Å². The highest BCUT2D eigenvalue weighted by atomic mass is 16.1. The predicted molar refractivity (Wildman–Crippen MR) is 120 cm³/mol. The van der Waals surface area contributed by atoms with Crippen molar-refractivity contribution < 1.29 is 4.79 Å². The highest BCUT2D eigenvalue weighted by molar-refractivity contribution is 5.78. The molecule has 3 heterocycles. The van der Waals surface area contributed by atoms with E-state index in [1.54, 1.807) is 6.20 Å². The van der Waals surface area contributed by atoms with Crippen molar-refractivity contribution in [2.75, 3.05) is 26.2 Å². The predicted octanol–water partition coefficient (Wildman–Crippen LogP) is 3.38. The molecule has 1 aromatic carbocycles. The van der Waals surface area contributed by atoms with Crippen LogP contribution in [0.5, 0.6) is 0 Å². The minimum absolute atomic E-state index is 0.104. The summed E-state index contributed by atoms with van der Waals surface area (Å²) in [5.74, 6) is 0.287. The zero-order chi connectivity index (χ0) is 20.8. The number of nitrogens with zero attached hydrogens (tertiary/aromatic N) is 3. The normalized spacial score (nSPS) is 21.4. The minimum Gasteiger partial charge on any atom is -0.350 e. The van der Waals surface area contributed by atoms with Crippen molar-refractivity contribution in [2.45, 2.75) is 51.7 Å². The molecule has 1 N–H and O–H groups in total. The highest BCUT2D eigenvalue weighted by Crippen LogP contribution is 2.25. The second-order valence-electron chi connectivity index (χ2n) is 8.81. The van der Waals surface area contributed by atoms with Crippen molar-refractivity contribution in [1.82, 2.24) is 20.1 Å². The number of aromatic nitrogens is 1. The third-order valence-corrected chi connectivity index (χ3v) is 6.72. The van der Waals surface area contributed by atoms with Gasteiger partial charge >= 0.3 is 0 Å². The van der Waals surface area contributed by atoms with E-state index < -0.39 is 0 Å². The molecule has 1 aromatic heterocycles. The molecule has 0 radical (unpaired) electrons. The summed E-state index contributed by atoms with van der Waals surface area (Å²) in [6, 6.07) is 15.1. The summed E-state index contributed by atoms with van der Waals surface area (Å²) in [4.78, 5) is 22.2. The van der Waals surface area contributed by atoms with Crippen LogP contribution >= 0.6 is 0 Å². The van der Waals surface area contributed by atoms with Gasteiger partial charge in [0.05, 0.1) is 18.2 Å². The lowest BCUT2D eigenvalue weighted by atomic mass is 9.93. The monoisotopic (exact) mass is 406 g/mol. The summed E-state index contributed by atoms with van der Waals surface area (Å²) in [7, 11) is 0. The maximum absolute atomic E-state index is 12.7. The molecular weight excluding hydrogens is 372 g/mol. The van der Waals surface area contributed by atoms with Crippen LogP contribution in [0.1, 0.15) is 42.5 Å². The third-order valence-electron chi connectivity index (χ3n) is 6.72. The van der Waals surface area contributed by atoms with Crippen LogP contribution < -0.4 is 5.32 Å². The molecule has 2 aliphatic rings. The summed E-state index contributed by atoms with van der Waals surface area (Å²) in [5.41, 5.74) is 3.74. The number of benzene rings is 1. The van der Waals surface area contributed by atoms with Gasteiger partial charge in [0, 0.05) is 25.3 Å². The number of rotatable bonds is 6. The molecule has 0 saturated carbocycles.